The van der Waals surface area contributed by atoms with E-state index in [1.54, 1.807) is 0 Å². The minimum Gasteiger partial charge on any atom is -0.383 e. The summed E-state index contributed by atoms with van der Waals surface area (Å²) in [5.41, 5.74) is 11.3. The molecule has 1 aromatic carbocycles. The van der Waals surface area contributed by atoms with E-state index in [1.807, 2.05) is 35.7 Å². The van der Waals surface area contributed by atoms with Gasteiger partial charge in [-0.25, -0.2) is 4.98 Å². The van der Waals surface area contributed by atoms with Crippen LogP contribution in [0.15, 0.2) is 41.0 Å². The maximum atomic E-state index is 6.21. The monoisotopic (exact) mass is 315 g/mol. The summed E-state index contributed by atoms with van der Waals surface area (Å²) in [5.74, 6) is 0.675. The van der Waals surface area contributed by atoms with Gasteiger partial charge in [-0.05, 0) is 37.1 Å². The molecule has 0 unspecified atom stereocenters. The molecule has 3 aromatic rings. The van der Waals surface area contributed by atoms with E-state index >= 15 is 0 Å². The van der Waals surface area contributed by atoms with Crippen LogP contribution >= 0.6 is 15.9 Å². The van der Waals surface area contributed by atoms with Gasteiger partial charge in [0.05, 0.1) is 0 Å². The third-order valence-corrected chi connectivity index (χ3v) is 4.10. The normalized spacial score (nSPS) is 11.1. The molecule has 0 saturated carbocycles. The molecule has 0 fully saturated rings. The zero-order valence-electron chi connectivity index (χ0n) is 10.8. The Morgan fingerprint density at radius 1 is 1.16 bits per heavy atom. The summed E-state index contributed by atoms with van der Waals surface area (Å²) in [6.07, 6.45) is 2.00. The number of halogens is 1. The Bertz CT molecular complexity index is 774. The molecular weight excluding hydrogens is 302 g/mol. The second-order valence-corrected chi connectivity index (χ2v) is 5.60. The highest BCUT2D eigenvalue weighted by Crippen LogP contribution is 2.29. The molecular formula is C15H14BrN3. The van der Waals surface area contributed by atoms with Gasteiger partial charge in [-0.2, -0.15) is 0 Å². The highest BCUT2D eigenvalue weighted by atomic mass is 79.9. The van der Waals surface area contributed by atoms with Crippen molar-refractivity contribution in [1.29, 1.82) is 0 Å². The Morgan fingerprint density at radius 3 is 2.68 bits per heavy atom. The first-order valence-electron chi connectivity index (χ1n) is 6.07. The fourth-order valence-electron chi connectivity index (χ4n) is 2.12. The number of nitrogens with two attached hydrogens (primary N) is 1. The fourth-order valence-corrected chi connectivity index (χ4v) is 2.50. The molecule has 2 aromatic heterocycles. The largest absolute Gasteiger partial charge is 0.383 e. The van der Waals surface area contributed by atoms with Gasteiger partial charge in [0.1, 0.15) is 17.2 Å². The van der Waals surface area contributed by atoms with Gasteiger partial charge < -0.3 is 5.73 Å². The quantitative estimate of drug-likeness (QED) is 0.738. The van der Waals surface area contributed by atoms with Crippen molar-refractivity contribution in [2.45, 2.75) is 13.8 Å². The molecule has 2 heterocycles. The Hall–Kier alpha value is -1.81. The Balaban J connectivity index is 2.24. The van der Waals surface area contributed by atoms with Gasteiger partial charge in [-0.15, -0.1) is 0 Å². The van der Waals surface area contributed by atoms with Crippen molar-refractivity contribution in [3.05, 3.63) is 52.1 Å². The summed E-state index contributed by atoms with van der Waals surface area (Å²) >= 11 is 3.55. The maximum absolute atomic E-state index is 6.21. The lowest BCUT2D eigenvalue weighted by Gasteiger charge is -2.03. The van der Waals surface area contributed by atoms with Gasteiger partial charge in [0, 0.05) is 16.2 Å². The van der Waals surface area contributed by atoms with Gasteiger partial charge in [-0.3, -0.25) is 4.40 Å². The molecule has 3 nitrogen and oxygen atoms in total. The molecule has 0 spiro atoms. The number of nitrogens with zero attached hydrogens (tertiary/aromatic N) is 2. The van der Waals surface area contributed by atoms with Gasteiger partial charge in [0.15, 0.2) is 0 Å². The first-order chi connectivity index (χ1) is 9.06. The number of rotatable bonds is 1. The number of hydrogen-bond acceptors (Lipinski definition) is 2. The van der Waals surface area contributed by atoms with Crippen LogP contribution in [0.3, 0.4) is 0 Å². The number of pyridine rings is 1. The van der Waals surface area contributed by atoms with Crippen LogP contribution in [0.25, 0.3) is 16.9 Å². The lowest BCUT2D eigenvalue weighted by atomic mass is 10.1. The van der Waals surface area contributed by atoms with Crippen LogP contribution in [-0.2, 0) is 0 Å². The lowest BCUT2D eigenvalue weighted by Crippen LogP contribution is -1.94. The van der Waals surface area contributed by atoms with Crippen molar-refractivity contribution in [3.63, 3.8) is 0 Å². The van der Waals surface area contributed by atoms with Gasteiger partial charge >= 0.3 is 0 Å². The molecule has 4 heteroatoms. The number of aryl methyl sites for hydroxylation is 2. The van der Waals surface area contributed by atoms with Gasteiger partial charge in [-0.1, -0.05) is 34.1 Å². The van der Waals surface area contributed by atoms with Crippen molar-refractivity contribution in [2.24, 2.45) is 0 Å². The first-order valence-corrected chi connectivity index (χ1v) is 6.86. The number of benzene rings is 1. The van der Waals surface area contributed by atoms with E-state index in [1.165, 1.54) is 5.56 Å². The molecule has 0 aliphatic carbocycles. The average Bonchev–Trinajstić information content (AvgIpc) is 2.70. The highest BCUT2D eigenvalue weighted by molar-refractivity contribution is 9.10. The highest BCUT2D eigenvalue weighted by Gasteiger charge is 2.12. The molecule has 0 bridgehead atoms. The predicted octanol–water partition coefficient (Wildman–Crippen LogP) is 3.96. The topological polar surface area (TPSA) is 43.3 Å². The van der Waals surface area contributed by atoms with Gasteiger partial charge in [0.25, 0.3) is 0 Å². The number of hydrogen-bond donors (Lipinski definition) is 1. The first kappa shape index (κ1) is 12.2. The zero-order valence-corrected chi connectivity index (χ0v) is 12.4. The summed E-state index contributed by atoms with van der Waals surface area (Å²) in [5, 5.41) is 0. The number of fused-ring (bicyclic) bond motifs is 1. The Morgan fingerprint density at radius 2 is 1.95 bits per heavy atom. The number of aromatic nitrogens is 2. The van der Waals surface area contributed by atoms with Crippen molar-refractivity contribution in [1.82, 2.24) is 9.38 Å². The van der Waals surface area contributed by atoms with Crippen molar-refractivity contribution in [2.75, 3.05) is 5.73 Å². The molecule has 96 valence electrons. The summed E-state index contributed by atoms with van der Waals surface area (Å²) < 4.78 is 3.00. The molecule has 0 amide bonds. The van der Waals surface area contributed by atoms with E-state index in [2.05, 4.69) is 40.0 Å². The average molecular weight is 316 g/mol. The summed E-state index contributed by atoms with van der Waals surface area (Å²) in [7, 11) is 0. The van der Waals surface area contributed by atoms with E-state index < -0.39 is 0 Å². The molecule has 0 aliphatic rings. The standard InChI is InChI=1S/C15H14BrN3/c1-9-3-6-13-18-14(15(17)19(13)8-9)11-5-4-10(2)12(16)7-11/h3-8H,17H2,1-2H3. The SMILES string of the molecule is Cc1ccc2nc(-c3ccc(C)c(Br)c3)c(N)n2c1. The lowest BCUT2D eigenvalue weighted by molar-refractivity contribution is 1.16. The van der Waals surface area contributed by atoms with Crippen LogP contribution in [0, 0.1) is 13.8 Å². The fraction of sp³-hybridized carbons (Fsp3) is 0.133. The van der Waals surface area contributed by atoms with Crippen LogP contribution in [0.1, 0.15) is 11.1 Å². The molecule has 2 N–H and O–H groups in total. The minimum absolute atomic E-state index is 0.675. The van der Waals surface area contributed by atoms with Crippen LogP contribution in [0.4, 0.5) is 5.82 Å². The second kappa shape index (κ2) is 4.38. The smallest absolute Gasteiger partial charge is 0.139 e. The van der Waals surface area contributed by atoms with Crippen molar-refractivity contribution < 1.29 is 0 Å². The number of imidazole rings is 1. The number of anilines is 1. The molecule has 3 rings (SSSR count). The molecule has 0 saturated heterocycles. The molecule has 19 heavy (non-hydrogen) atoms. The predicted molar refractivity (Wildman–Crippen MR) is 82.2 cm³/mol. The van der Waals surface area contributed by atoms with Crippen molar-refractivity contribution in [3.8, 4) is 11.3 Å². The van der Waals surface area contributed by atoms with E-state index in [-0.39, 0.29) is 0 Å². The Labute approximate surface area is 120 Å². The van der Waals surface area contributed by atoms with Crippen LogP contribution in [-0.4, -0.2) is 9.38 Å². The summed E-state index contributed by atoms with van der Waals surface area (Å²) in [4.78, 5) is 4.61. The third-order valence-electron chi connectivity index (χ3n) is 3.25. The van der Waals surface area contributed by atoms with Crippen LogP contribution in [0.2, 0.25) is 0 Å². The molecule has 0 radical (unpaired) electrons. The summed E-state index contributed by atoms with van der Waals surface area (Å²) in [6.45, 7) is 4.10. The van der Waals surface area contributed by atoms with Crippen LogP contribution in [0.5, 0.6) is 0 Å². The summed E-state index contributed by atoms with van der Waals surface area (Å²) in [6, 6.07) is 10.2. The molecule has 0 atom stereocenters. The zero-order chi connectivity index (χ0) is 13.6. The third kappa shape index (κ3) is 2.02. The van der Waals surface area contributed by atoms with E-state index in [0.717, 1.165) is 26.9 Å². The van der Waals surface area contributed by atoms with Gasteiger partial charge in [0.2, 0.25) is 0 Å². The maximum Gasteiger partial charge on any atom is 0.139 e. The molecule has 0 aliphatic heterocycles. The van der Waals surface area contributed by atoms with E-state index in [9.17, 15) is 0 Å². The van der Waals surface area contributed by atoms with E-state index in [4.69, 9.17) is 5.73 Å². The van der Waals surface area contributed by atoms with Crippen LogP contribution < -0.4 is 5.73 Å². The van der Waals surface area contributed by atoms with E-state index in [0.29, 0.717) is 5.82 Å². The Kier molecular flexibility index (Phi) is 2.82. The minimum atomic E-state index is 0.675. The second-order valence-electron chi connectivity index (χ2n) is 4.74. The van der Waals surface area contributed by atoms with Crippen molar-refractivity contribution >= 4 is 27.4 Å². The number of nitrogen functional groups attached to an aromatic ring is 1.